The van der Waals surface area contributed by atoms with Crippen molar-refractivity contribution in [1.82, 2.24) is 0 Å². The van der Waals surface area contributed by atoms with Crippen molar-refractivity contribution in [1.29, 1.82) is 0 Å². The number of hydrogen-bond donors (Lipinski definition) is 1. The number of fused-ring (bicyclic) bond motifs is 1. The first kappa shape index (κ1) is 15.6. The van der Waals surface area contributed by atoms with Crippen LogP contribution in [0.5, 0.6) is 5.75 Å². The van der Waals surface area contributed by atoms with Crippen LogP contribution in [0.15, 0.2) is 48.7 Å². The highest BCUT2D eigenvalue weighted by atomic mass is 16.5. The highest BCUT2D eigenvalue weighted by Crippen LogP contribution is 2.25. The van der Waals surface area contributed by atoms with E-state index in [9.17, 15) is 14.7 Å². The summed E-state index contributed by atoms with van der Waals surface area (Å²) in [7, 11) is 0. The Labute approximate surface area is 127 Å². The van der Waals surface area contributed by atoms with Crippen LogP contribution in [0.4, 0.5) is 0 Å². The third kappa shape index (κ3) is 3.85. The molecule has 0 aliphatic carbocycles. The fourth-order valence-corrected chi connectivity index (χ4v) is 1.86. The van der Waals surface area contributed by atoms with Crippen molar-refractivity contribution in [2.24, 2.45) is 0 Å². The summed E-state index contributed by atoms with van der Waals surface area (Å²) in [5.74, 6) is -1.51. The average molecular weight is 300 g/mol. The number of phenolic OH excluding ortho intramolecular Hbond substituents is 1. The van der Waals surface area contributed by atoms with Crippen LogP contribution in [0.3, 0.4) is 0 Å². The molecule has 2 aromatic carbocycles. The molecule has 5 heteroatoms. The molecule has 0 fully saturated rings. The van der Waals surface area contributed by atoms with Crippen LogP contribution in [0, 0.1) is 0 Å². The molecule has 0 bridgehead atoms. The summed E-state index contributed by atoms with van der Waals surface area (Å²) in [5, 5.41) is 11.5. The molecule has 0 atom stereocenters. The van der Waals surface area contributed by atoms with E-state index in [2.05, 4.69) is 0 Å². The Hall–Kier alpha value is -2.82. The molecule has 0 amide bonds. The molecule has 0 unspecified atom stereocenters. The van der Waals surface area contributed by atoms with Gasteiger partial charge in [0.05, 0.1) is 12.7 Å². The van der Waals surface area contributed by atoms with Crippen LogP contribution < -0.4 is 0 Å². The third-order valence-electron chi connectivity index (χ3n) is 2.91. The van der Waals surface area contributed by atoms with Crippen molar-refractivity contribution in [3.8, 4) is 5.75 Å². The van der Waals surface area contributed by atoms with Gasteiger partial charge < -0.3 is 14.6 Å². The molecule has 0 aromatic heterocycles. The Bertz CT molecular complexity index is 718. The standard InChI is InChI=1S/C17H16O5/c1-2-8-21-16(19)7-9-22-17(20)14-10-12-5-3-4-6-13(12)11-15(14)18/h3-7,9-11,18H,2,8H2,1H3. The zero-order chi connectivity index (χ0) is 15.9. The van der Waals surface area contributed by atoms with Crippen molar-refractivity contribution in [3.63, 3.8) is 0 Å². The molecule has 2 rings (SSSR count). The van der Waals surface area contributed by atoms with E-state index in [1.807, 2.05) is 31.2 Å². The van der Waals surface area contributed by atoms with Crippen molar-refractivity contribution in [2.45, 2.75) is 13.3 Å². The number of rotatable bonds is 5. The minimum atomic E-state index is -0.747. The molecule has 1 N–H and O–H groups in total. The number of phenols is 1. The van der Waals surface area contributed by atoms with E-state index in [4.69, 9.17) is 9.47 Å². The van der Waals surface area contributed by atoms with Crippen LogP contribution in [0.1, 0.15) is 23.7 Å². The summed E-state index contributed by atoms with van der Waals surface area (Å²) < 4.78 is 9.62. The largest absolute Gasteiger partial charge is 0.507 e. The lowest BCUT2D eigenvalue weighted by molar-refractivity contribution is -0.137. The second-order valence-electron chi connectivity index (χ2n) is 4.59. The first-order valence-corrected chi connectivity index (χ1v) is 6.88. The first-order chi connectivity index (χ1) is 10.6. The molecule has 22 heavy (non-hydrogen) atoms. The van der Waals surface area contributed by atoms with E-state index < -0.39 is 11.9 Å². The van der Waals surface area contributed by atoms with E-state index >= 15 is 0 Å². The average Bonchev–Trinajstić information content (AvgIpc) is 2.52. The van der Waals surface area contributed by atoms with Gasteiger partial charge in [0.25, 0.3) is 0 Å². The Morgan fingerprint density at radius 1 is 1.18 bits per heavy atom. The molecular weight excluding hydrogens is 284 g/mol. The number of hydrogen-bond acceptors (Lipinski definition) is 5. The second kappa shape index (κ2) is 7.26. The topological polar surface area (TPSA) is 72.8 Å². The first-order valence-electron chi connectivity index (χ1n) is 6.88. The molecule has 2 aromatic rings. The summed E-state index contributed by atoms with van der Waals surface area (Å²) in [6.45, 7) is 2.18. The van der Waals surface area contributed by atoms with Gasteiger partial charge in [0.1, 0.15) is 17.6 Å². The normalized spacial score (nSPS) is 10.8. The van der Waals surface area contributed by atoms with Gasteiger partial charge in [-0.15, -0.1) is 0 Å². The Kier molecular flexibility index (Phi) is 5.14. The Morgan fingerprint density at radius 2 is 1.86 bits per heavy atom. The van der Waals surface area contributed by atoms with Gasteiger partial charge in [-0.25, -0.2) is 9.59 Å². The van der Waals surface area contributed by atoms with Gasteiger partial charge in [-0.05, 0) is 29.3 Å². The van der Waals surface area contributed by atoms with Crippen molar-refractivity contribution in [2.75, 3.05) is 6.61 Å². The zero-order valence-electron chi connectivity index (χ0n) is 12.1. The van der Waals surface area contributed by atoms with Crippen LogP contribution in [-0.4, -0.2) is 23.7 Å². The molecule has 0 heterocycles. The van der Waals surface area contributed by atoms with Crippen LogP contribution in [-0.2, 0) is 14.3 Å². The zero-order valence-corrected chi connectivity index (χ0v) is 12.1. The van der Waals surface area contributed by atoms with Crippen molar-refractivity contribution < 1.29 is 24.2 Å². The molecule has 114 valence electrons. The minimum Gasteiger partial charge on any atom is -0.507 e. The predicted molar refractivity (Wildman–Crippen MR) is 81.4 cm³/mol. The lowest BCUT2D eigenvalue weighted by atomic mass is 10.1. The molecule has 0 spiro atoms. The van der Waals surface area contributed by atoms with Gasteiger partial charge in [0.15, 0.2) is 0 Å². The summed E-state index contributed by atoms with van der Waals surface area (Å²) in [4.78, 5) is 23.1. The fraction of sp³-hybridized carbons (Fsp3) is 0.176. The number of carbonyl (C=O) groups is 2. The third-order valence-corrected chi connectivity index (χ3v) is 2.91. The van der Waals surface area contributed by atoms with Gasteiger partial charge in [-0.3, -0.25) is 0 Å². The van der Waals surface area contributed by atoms with Crippen molar-refractivity contribution in [3.05, 3.63) is 54.3 Å². The number of carbonyl (C=O) groups excluding carboxylic acids is 2. The van der Waals surface area contributed by atoms with Gasteiger partial charge >= 0.3 is 11.9 Å². The molecule has 0 saturated carbocycles. The molecule has 0 saturated heterocycles. The van der Waals surface area contributed by atoms with Gasteiger partial charge in [-0.2, -0.15) is 0 Å². The van der Waals surface area contributed by atoms with Gasteiger partial charge in [0.2, 0.25) is 0 Å². The van der Waals surface area contributed by atoms with E-state index in [1.54, 1.807) is 0 Å². The Balaban J connectivity index is 2.08. The maximum absolute atomic E-state index is 11.9. The molecule has 5 nitrogen and oxygen atoms in total. The van der Waals surface area contributed by atoms with Crippen LogP contribution >= 0.6 is 0 Å². The smallest absolute Gasteiger partial charge is 0.346 e. The van der Waals surface area contributed by atoms with Crippen LogP contribution in [0.25, 0.3) is 10.8 Å². The number of aromatic hydroxyl groups is 1. The van der Waals surface area contributed by atoms with E-state index in [-0.39, 0.29) is 11.3 Å². The van der Waals surface area contributed by atoms with Crippen molar-refractivity contribution >= 4 is 22.7 Å². The van der Waals surface area contributed by atoms with E-state index in [0.717, 1.165) is 23.1 Å². The maximum atomic E-state index is 11.9. The molecule has 0 aliphatic heterocycles. The van der Waals surface area contributed by atoms with Gasteiger partial charge in [0, 0.05) is 0 Å². The second-order valence-corrected chi connectivity index (χ2v) is 4.59. The van der Waals surface area contributed by atoms with E-state index in [0.29, 0.717) is 13.0 Å². The quantitative estimate of drug-likeness (QED) is 0.521. The lowest BCUT2D eigenvalue weighted by Gasteiger charge is -2.05. The van der Waals surface area contributed by atoms with E-state index in [1.165, 1.54) is 12.1 Å². The number of benzene rings is 2. The van der Waals surface area contributed by atoms with Crippen LogP contribution in [0.2, 0.25) is 0 Å². The summed E-state index contributed by atoms with van der Waals surface area (Å²) in [6, 6.07) is 10.3. The summed E-state index contributed by atoms with van der Waals surface area (Å²) in [6.07, 6.45) is 2.69. The molecular formula is C17H16O5. The number of ether oxygens (including phenoxy) is 2. The minimum absolute atomic E-state index is 0.0327. The lowest BCUT2D eigenvalue weighted by Crippen LogP contribution is -2.04. The predicted octanol–water partition coefficient (Wildman–Crippen LogP) is 3.17. The monoisotopic (exact) mass is 300 g/mol. The highest BCUT2D eigenvalue weighted by Gasteiger charge is 2.13. The molecule has 0 aliphatic rings. The SMILES string of the molecule is CCCOC(=O)C=COC(=O)c1cc2ccccc2cc1O. The van der Waals surface area contributed by atoms with Gasteiger partial charge in [-0.1, -0.05) is 31.2 Å². The Morgan fingerprint density at radius 3 is 2.55 bits per heavy atom. The summed E-state index contributed by atoms with van der Waals surface area (Å²) in [5.41, 5.74) is 0.0327. The summed E-state index contributed by atoms with van der Waals surface area (Å²) >= 11 is 0. The number of esters is 2. The fourth-order valence-electron chi connectivity index (χ4n) is 1.86. The molecule has 0 radical (unpaired) electrons. The highest BCUT2D eigenvalue weighted by molar-refractivity contribution is 5.98. The maximum Gasteiger partial charge on any atom is 0.346 e.